The lowest BCUT2D eigenvalue weighted by Gasteiger charge is -2.33. The van der Waals surface area contributed by atoms with E-state index in [1.54, 1.807) is 0 Å². The summed E-state index contributed by atoms with van der Waals surface area (Å²) in [6.07, 6.45) is 4.94. The lowest BCUT2D eigenvalue weighted by molar-refractivity contribution is 0.223. The van der Waals surface area contributed by atoms with Crippen LogP contribution in [0.4, 0.5) is 0 Å². The maximum Gasteiger partial charge on any atom is 0.111 e. The van der Waals surface area contributed by atoms with E-state index in [1.165, 1.54) is 30.3 Å². The maximum atomic E-state index is 5.95. The molecule has 3 heteroatoms. The zero-order valence-corrected chi connectivity index (χ0v) is 12.5. The Kier molecular flexibility index (Phi) is 3.53. The van der Waals surface area contributed by atoms with Crippen LogP contribution in [0.5, 0.6) is 0 Å². The minimum absolute atomic E-state index is 0.541. The van der Waals surface area contributed by atoms with E-state index < -0.39 is 0 Å². The second-order valence-corrected chi connectivity index (χ2v) is 6.14. The second-order valence-electron chi connectivity index (χ2n) is 5.76. The van der Waals surface area contributed by atoms with Crippen LogP contribution in [0, 0.1) is 12.8 Å². The zero-order valence-electron chi connectivity index (χ0n) is 11.7. The lowest BCUT2D eigenvalue weighted by Crippen LogP contribution is -2.24. The molecule has 1 atom stereocenters. The monoisotopic (exact) mass is 276 g/mol. The van der Waals surface area contributed by atoms with Crippen molar-refractivity contribution in [1.29, 1.82) is 0 Å². The molecule has 0 saturated heterocycles. The molecule has 2 aromatic rings. The second kappa shape index (κ2) is 5.16. The number of rotatable bonds is 4. The van der Waals surface area contributed by atoms with Gasteiger partial charge in [-0.1, -0.05) is 12.5 Å². The Labute approximate surface area is 119 Å². The molecular formula is C16H21ClN2. The third kappa shape index (κ3) is 2.27. The van der Waals surface area contributed by atoms with Gasteiger partial charge in [-0.25, -0.2) is 4.98 Å². The number of halogens is 1. The molecule has 3 rings (SSSR count). The molecule has 1 saturated carbocycles. The molecule has 0 aliphatic heterocycles. The summed E-state index contributed by atoms with van der Waals surface area (Å²) in [5.41, 5.74) is 3.68. The average molecular weight is 277 g/mol. The van der Waals surface area contributed by atoms with Gasteiger partial charge in [-0.15, -0.1) is 11.6 Å². The van der Waals surface area contributed by atoms with Crippen molar-refractivity contribution >= 4 is 22.6 Å². The Morgan fingerprint density at radius 3 is 2.84 bits per heavy atom. The molecule has 2 nitrogen and oxygen atoms in total. The number of imidazole rings is 1. The molecule has 102 valence electrons. The van der Waals surface area contributed by atoms with Crippen molar-refractivity contribution in [2.75, 3.05) is 5.88 Å². The number of nitrogens with zero attached hydrogens (tertiary/aromatic N) is 2. The van der Waals surface area contributed by atoms with Gasteiger partial charge in [-0.2, -0.15) is 0 Å². The standard InChI is InChI=1S/C16H21ClN2/c1-11-6-7-14-15(10-11)19(16(18-14)8-9-17)12(2)13-4-3-5-13/h6-7,10,12-13H,3-5,8-9H2,1-2H3. The fraction of sp³-hybridized carbons (Fsp3) is 0.562. The largest absolute Gasteiger partial charge is 0.325 e. The van der Waals surface area contributed by atoms with Crippen molar-refractivity contribution in [2.24, 2.45) is 5.92 Å². The normalized spacial score (nSPS) is 17.6. The van der Waals surface area contributed by atoms with Gasteiger partial charge in [0.05, 0.1) is 11.0 Å². The van der Waals surface area contributed by atoms with E-state index >= 15 is 0 Å². The molecule has 0 bridgehead atoms. The summed E-state index contributed by atoms with van der Waals surface area (Å²) < 4.78 is 2.44. The first-order chi connectivity index (χ1) is 9.20. The van der Waals surface area contributed by atoms with Crippen molar-refractivity contribution in [2.45, 2.75) is 45.6 Å². The summed E-state index contributed by atoms with van der Waals surface area (Å²) in [4.78, 5) is 4.78. The van der Waals surface area contributed by atoms with Crippen LogP contribution < -0.4 is 0 Å². The van der Waals surface area contributed by atoms with E-state index in [0.29, 0.717) is 11.9 Å². The van der Waals surface area contributed by atoms with E-state index in [4.69, 9.17) is 16.6 Å². The van der Waals surface area contributed by atoms with Gasteiger partial charge in [0.25, 0.3) is 0 Å². The SMILES string of the molecule is Cc1ccc2nc(CCCl)n(C(C)C3CCC3)c2c1. The molecule has 0 radical (unpaired) electrons. The van der Waals surface area contributed by atoms with Gasteiger partial charge in [0.2, 0.25) is 0 Å². The van der Waals surface area contributed by atoms with Crippen LogP contribution in [0.2, 0.25) is 0 Å². The molecule has 1 heterocycles. The number of aryl methyl sites for hydroxylation is 2. The summed E-state index contributed by atoms with van der Waals surface area (Å²) in [6.45, 7) is 4.48. The molecule has 1 fully saturated rings. The first kappa shape index (κ1) is 13.0. The van der Waals surface area contributed by atoms with Gasteiger partial charge in [-0.05, 0) is 50.3 Å². The average Bonchev–Trinajstić information content (AvgIpc) is 2.64. The summed E-state index contributed by atoms with van der Waals surface area (Å²) in [5.74, 6) is 2.60. The highest BCUT2D eigenvalue weighted by atomic mass is 35.5. The number of benzene rings is 1. The first-order valence-electron chi connectivity index (χ1n) is 7.24. The topological polar surface area (TPSA) is 17.8 Å². The van der Waals surface area contributed by atoms with E-state index in [-0.39, 0.29) is 0 Å². The van der Waals surface area contributed by atoms with Crippen molar-refractivity contribution in [3.8, 4) is 0 Å². The Morgan fingerprint density at radius 1 is 1.42 bits per heavy atom. The molecule has 1 aromatic carbocycles. The van der Waals surface area contributed by atoms with Crippen molar-refractivity contribution < 1.29 is 0 Å². The number of alkyl halides is 1. The summed E-state index contributed by atoms with van der Waals surface area (Å²) >= 11 is 5.95. The summed E-state index contributed by atoms with van der Waals surface area (Å²) in [6, 6.07) is 7.07. The Hall–Kier alpha value is -1.02. The van der Waals surface area contributed by atoms with E-state index in [0.717, 1.165) is 23.7 Å². The van der Waals surface area contributed by atoms with Gasteiger partial charge in [0.15, 0.2) is 0 Å². The quantitative estimate of drug-likeness (QED) is 0.753. The van der Waals surface area contributed by atoms with Crippen LogP contribution in [-0.4, -0.2) is 15.4 Å². The van der Waals surface area contributed by atoms with Crippen LogP contribution in [0.15, 0.2) is 18.2 Å². The highest BCUT2D eigenvalue weighted by molar-refractivity contribution is 6.17. The Morgan fingerprint density at radius 2 is 2.21 bits per heavy atom. The zero-order chi connectivity index (χ0) is 13.4. The molecule has 0 amide bonds. The lowest BCUT2D eigenvalue weighted by atomic mass is 9.80. The molecule has 0 N–H and O–H groups in total. The third-order valence-corrected chi connectivity index (χ3v) is 4.66. The highest BCUT2D eigenvalue weighted by Gasteiger charge is 2.27. The third-order valence-electron chi connectivity index (χ3n) is 4.48. The smallest absolute Gasteiger partial charge is 0.111 e. The van der Waals surface area contributed by atoms with Crippen LogP contribution in [0.25, 0.3) is 11.0 Å². The summed E-state index contributed by atoms with van der Waals surface area (Å²) in [5, 5.41) is 0. The molecular weight excluding hydrogens is 256 g/mol. The fourth-order valence-corrected chi connectivity index (χ4v) is 3.27. The van der Waals surface area contributed by atoms with Crippen LogP contribution in [-0.2, 0) is 6.42 Å². The van der Waals surface area contributed by atoms with Crippen molar-refractivity contribution in [3.63, 3.8) is 0 Å². The molecule has 19 heavy (non-hydrogen) atoms. The van der Waals surface area contributed by atoms with Crippen LogP contribution >= 0.6 is 11.6 Å². The van der Waals surface area contributed by atoms with Gasteiger partial charge in [-0.3, -0.25) is 0 Å². The molecule has 1 aliphatic carbocycles. The number of hydrogen-bond acceptors (Lipinski definition) is 1. The minimum Gasteiger partial charge on any atom is -0.325 e. The number of fused-ring (bicyclic) bond motifs is 1. The van der Waals surface area contributed by atoms with Crippen LogP contribution in [0.3, 0.4) is 0 Å². The molecule has 1 unspecified atom stereocenters. The summed E-state index contributed by atoms with van der Waals surface area (Å²) in [7, 11) is 0. The van der Waals surface area contributed by atoms with Gasteiger partial charge in [0, 0.05) is 18.3 Å². The van der Waals surface area contributed by atoms with Crippen molar-refractivity contribution in [1.82, 2.24) is 9.55 Å². The van der Waals surface area contributed by atoms with Crippen molar-refractivity contribution in [3.05, 3.63) is 29.6 Å². The number of hydrogen-bond donors (Lipinski definition) is 0. The Bertz CT molecular complexity index is 584. The number of aromatic nitrogens is 2. The molecule has 0 spiro atoms. The van der Waals surface area contributed by atoms with Gasteiger partial charge < -0.3 is 4.57 Å². The van der Waals surface area contributed by atoms with Gasteiger partial charge in [0.1, 0.15) is 5.82 Å². The fourth-order valence-electron chi connectivity index (χ4n) is 3.10. The molecule has 1 aromatic heterocycles. The molecule has 1 aliphatic rings. The van der Waals surface area contributed by atoms with E-state index in [9.17, 15) is 0 Å². The van der Waals surface area contributed by atoms with Gasteiger partial charge >= 0.3 is 0 Å². The van der Waals surface area contributed by atoms with E-state index in [2.05, 4.69) is 36.6 Å². The first-order valence-corrected chi connectivity index (χ1v) is 7.77. The Balaban J connectivity index is 2.11. The predicted molar refractivity (Wildman–Crippen MR) is 80.9 cm³/mol. The highest BCUT2D eigenvalue weighted by Crippen LogP contribution is 2.38. The minimum atomic E-state index is 0.541. The predicted octanol–water partition coefficient (Wildman–Crippen LogP) is 4.49. The maximum absolute atomic E-state index is 5.95. The van der Waals surface area contributed by atoms with E-state index in [1.807, 2.05) is 0 Å². The van der Waals surface area contributed by atoms with Crippen LogP contribution in [0.1, 0.15) is 43.6 Å².